The second kappa shape index (κ2) is 8.50. The summed E-state index contributed by atoms with van der Waals surface area (Å²) in [6, 6.07) is 14.4. The first kappa shape index (κ1) is 20.0. The number of nitrogen functional groups attached to an aromatic ring is 1. The molecule has 0 aliphatic carbocycles. The number of hydrogen-bond acceptors (Lipinski definition) is 5. The van der Waals surface area contributed by atoms with E-state index in [1.54, 1.807) is 24.3 Å². The Morgan fingerprint density at radius 2 is 1.64 bits per heavy atom. The standard InChI is InChI=1S/C20H19ClN2O4S/c1-15-12-18(26-11-10-23-8-6-17(22)7-9-23)14-19(13-15)27-28(24,25)20-4-2-16(21)3-5-20/h2-9,12-14,22H,10-11H2,1H3/p+1. The maximum atomic E-state index is 12.4. The summed E-state index contributed by atoms with van der Waals surface area (Å²) in [7, 11) is -3.96. The Labute approximate surface area is 169 Å². The minimum atomic E-state index is -3.96. The summed E-state index contributed by atoms with van der Waals surface area (Å²) in [6.07, 6.45) is 3.73. The summed E-state index contributed by atoms with van der Waals surface area (Å²) in [5.74, 6) is 0.711. The van der Waals surface area contributed by atoms with Gasteiger partial charge in [0.05, 0.1) is 0 Å². The lowest BCUT2D eigenvalue weighted by atomic mass is 10.2. The van der Waals surface area contributed by atoms with Crippen LogP contribution in [0.4, 0.5) is 5.69 Å². The minimum Gasteiger partial charge on any atom is -0.487 e. The summed E-state index contributed by atoms with van der Waals surface area (Å²) < 4.78 is 37.8. The number of ether oxygens (including phenoxy) is 1. The lowest BCUT2D eigenvalue weighted by Crippen LogP contribution is -2.35. The highest BCUT2D eigenvalue weighted by atomic mass is 35.5. The monoisotopic (exact) mass is 419 g/mol. The first-order valence-corrected chi connectivity index (χ1v) is 10.3. The van der Waals surface area contributed by atoms with Gasteiger partial charge in [-0.05, 0) is 48.9 Å². The Balaban J connectivity index is 1.68. The number of aryl methyl sites for hydroxylation is 1. The Kier molecular flexibility index (Phi) is 6.06. The number of nitrogens with two attached hydrogens (primary N) is 1. The summed E-state index contributed by atoms with van der Waals surface area (Å²) in [4.78, 5) is 0.0284. The highest BCUT2D eigenvalue weighted by molar-refractivity contribution is 7.87. The third-order valence-corrected chi connectivity index (χ3v) is 5.38. The van der Waals surface area contributed by atoms with Gasteiger partial charge in [-0.3, -0.25) is 0 Å². The van der Waals surface area contributed by atoms with Crippen molar-refractivity contribution in [3.05, 3.63) is 77.6 Å². The zero-order chi connectivity index (χ0) is 20.1. The molecule has 8 heteroatoms. The van der Waals surface area contributed by atoms with Gasteiger partial charge in [0.25, 0.3) is 0 Å². The molecule has 0 spiro atoms. The predicted molar refractivity (Wildman–Crippen MR) is 107 cm³/mol. The van der Waals surface area contributed by atoms with Crippen LogP contribution in [-0.2, 0) is 16.7 Å². The van der Waals surface area contributed by atoms with Crippen molar-refractivity contribution < 1.29 is 21.9 Å². The van der Waals surface area contributed by atoms with Crippen molar-refractivity contribution in [3.8, 4) is 11.5 Å². The first-order valence-electron chi connectivity index (χ1n) is 8.51. The Morgan fingerprint density at radius 3 is 2.32 bits per heavy atom. The molecule has 3 aromatic rings. The largest absolute Gasteiger partial charge is 0.487 e. The number of pyridine rings is 1. The molecule has 3 rings (SSSR count). The van der Waals surface area contributed by atoms with Crippen LogP contribution in [-0.4, -0.2) is 15.0 Å². The average Bonchev–Trinajstić information content (AvgIpc) is 2.63. The molecule has 1 heterocycles. The van der Waals surface area contributed by atoms with E-state index in [0.717, 1.165) is 5.56 Å². The van der Waals surface area contributed by atoms with Crippen LogP contribution in [0.5, 0.6) is 11.5 Å². The topological polar surface area (TPSA) is 82.5 Å². The molecular formula is C20H20ClN2O4S+. The Bertz CT molecular complexity index is 1050. The molecule has 0 aliphatic heterocycles. The molecule has 1 aromatic heterocycles. The van der Waals surface area contributed by atoms with E-state index in [2.05, 4.69) is 0 Å². The van der Waals surface area contributed by atoms with Crippen LogP contribution in [0.25, 0.3) is 0 Å². The predicted octanol–water partition coefficient (Wildman–Crippen LogP) is 3.36. The number of rotatable bonds is 7. The number of hydrogen-bond donors (Lipinski definition) is 1. The highest BCUT2D eigenvalue weighted by Gasteiger charge is 2.17. The van der Waals surface area contributed by atoms with Gasteiger partial charge in [-0.25, -0.2) is 4.57 Å². The molecule has 2 N–H and O–H groups in total. The summed E-state index contributed by atoms with van der Waals surface area (Å²) in [6.45, 7) is 2.86. The van der Waals surface area contributed by atoms with E-state index >= 15 is 0 Å². The van der Waals surface area contributed by atoms with Crippen molar-refractivity contribution in [2.24, 2.45) is 0 Å². The van der Waals surface area contributed by atoms with E-state index in [4.69, 9.17) is 26.3 Å². The van der Waals surface area contributed by atoms with E-state index in [1.165, 1.54) is 24.3 Å². The van der Waals surface area contributed by atoms with Crippen LogP contribution in [0.1, 0.15) is 5.56 Å². The minimum absolute atomic E-state index is 0.0284. The molecule has 0 atom stereocenters. The Morgan fingerprint density at radius 1 is 1.00 bits per heavy atom. The van der Waals surface area contributed by atoms with Gasteiger partial charge in [-0.1, -0.05) is 11.6 Å². The van der Waals surface area contributed by atoms with E-state index < -0.39 is 10.1 Å². The van der Waals surface area contributed by atoms with Gasteiger partial charge in [-0.2, -0.15) is 8.42 Å². The van der Waals surface area contributed by atoms with Gasteiger partial charge in [0, 0.05) is 28.9 Å². The SMILES string of the molecule is Cc1cc(OCC[n+]2ccc(N)cc2)cc(OS(=O)(=O)c2ccc(Cl)cc2)c1. The van der Waals surface area contributed by atoms with E-state index in [0.29, 0.717) is 29.6 Å². The van der Waals surface area contributed by atoms with Gasteiger partial charge < -0.3 is 14.7 Å². The maximum Gasteiger partial charge on any atom is 0.339 e. The number of aromatic nitrogens is 1. The van der Waals surface area contributed by atoms with E-state index in [9.17, 15) is 8.42 Å². The fraction of sp³-hybridized carbons (Fsp3) is 0.150. The van der Waals surface area contributed by atoms with E-state index in [1.807, 2.05) is 30.0 Å². The average molecular weight is 420 g/mol. The molecule has 146 valence electrons. The number of halogens is 1. The van der Waals surface area contributed by atoms with Crippen LogP contribution >= 0.6 is 11.6 Å². The van der Waals surface area contributed by atoms with Gasteiger partial charge in [0.15, 0.2) is 18.9 Å². The van der Waals surface area contributed by atoms with Crippen LogP contribution in [0.2, 0.25) is 5.02 Å². The van der Waals surface area contributed by atoms with Crippen molar-refractivity contribution in [2.45, 2.75) is 18.4 Å². The van der Waals surface area contributed by atoms with Gasteiger partial charge in [0.2, 0.25) is 0 Å². The zero-order valence-corrected chi connectivity index (χ0v) is 16.8. The molecule has 0 radical (unpaired) electrons. The number of anilines is 1. The van der Waals surface area contributed by atoms with Gasteiger partial charge in [-0.15, -0.1) is 0 Å². The van der Waals surface area contributed by atoms with Crippen LogP contribution < -0.4 is 19.2 Å². The van der Waals surface area contributed by atoms with Gasteiger partial charge in [0.1, 0.15) is 23.0 Å². The summed E-state index contributed by atoms with van der Waals surface area (Å²) in [5.41, 5.74) is 7.18. The van der Waals surface area contributed by atoms with Crippen LogP contribution in [0.3, 0.4) is 0 Å². The fourth-order valence-electron chi connectivity index (χ4n) is 2.51. The van der Waals surface area contributed by atoms with E-state index in [-0.39, 0.29) is 10.6 Å². The normalized spacial score (nSPS) is 11.2. The molecular weight excluding hydrogens is 400 g/mol. The van der Waals surface area contributed by atoms with Crippen molar-refractivity contribution in [1.29, 1.82) is 0 Å². The fourth-order valence-corrected chi connectivity index (χ4v) is 3.55. The number of benzene rings is 2. The molecule has 0 fully saturated rings. The molecule has 6 nitrogen and oxygen atoms in total. The van der Waals surface area contributed by atoms with Crippen LogP contribution in [0, 0.1) is 6.92 Å². The van der Waals surface area contributed by atoms with Crippen LogP contribution in [0.15, 0.2) is 71.9 Å². The van der Waals surface area contributed by atoms with Gasteiger partial charge >= 0.3 is 10.1 Å². The molecule has 2 aromatic carbocycles. The molecule has 28 heavy (non-hydrogen) atoms. The molecule has 0 bridgehead atoms. The van der Waals surface area contributed by atoms with Crippen molar-refractivity contribution in [2.75, 3.05) is 12.3 Å². The second-order valence-electron chi connectivity index (χ2n) is 6.19. The summed E-state index contributed by atoms with van der Waals surface area (Å²) >= 11 is 5.80. The lowest BCUT2D eigenvalue weighted by molar-refractivity contribution is -0.697. The molecule has 0 saturated heterocycles. The third kappa shape index (κ3) is 5.37. The zero-order valence-electron chi connectivity index (χ0n) is 15.2. The Hall–Kier alpha value is -2.77. The molecule has 0 aliphatic rings. The summed E-state index contributed by atoms with van der Waals surface area (Å²) in [5, 5.41) is 0.448. The van der Waals surface area contributed by atoms with Crippen molar-refractivity contribution in [1.82, 2.24) is 0 Å². The maximum absolute atomic E-state index is 12.4. The molecule has 0 unspecified atom stereocenters. The molecule has 0 saturated carbocycles. The number of nitrogens with zero attached hydrogens (tertiary/aromatic N) is 1. The van der Waals surface area contributed by atoms with Crippen molar-refractivity contribution >= 4 is 27.4 Å². The first-order chi connectivity index (χ1) is 13.3. The van der Waals surface area contributed by atoms with Crippen molar-refractivity contribution in [3.63, 3.8) is 0 Å². The lowest BCUT2D eigenvalue weighted by Gasteiger charge is -2.11. The highest BCUT2D eigenvalue weighted by Crippen LogP contribution is 2.26. The second-order valence-corrected chi connectivity index (χ2v) is 8.17. The smallest absolute Gasteiger partial charge is 0.339 e. The quantitative estimate of drug-likeness (QED) is 0.469. The molecule has 0 amide bonds. The third-order valence-electron chi connectivity index (χ3n) is 3.87.